The predicted octanol–water partition coefficient (Wildman–Crippen LogP) is 4.67. The van der Waals surface area contributed by atoms with Crippen LogP contribution in [0.3, 0.4) is 0 Å². The van der Waals surface area contributed by atoms with E-state index < -0.39 is 0 Å². The van der Waals surface area contributed by atoms with Crippen LogP contribution in [-0.4, -0.2) is 26.6 Å². The Balaban J connectivity index is 1.38. The molecule has 4 heteroatoms. The smallest absolute Gasteiger partial charge is 0.254 e. The molecule has 0 atom stereocenters. The topological polar surface area (TPSA) is 38.1 Å². The van der Waals surface area contributed by atoms with E-state index in [4.69, 9.17) is 0 Å². The SMILES string of the molecule is Cc1cc(Cc2ccc(-n3cccn3)cc2)cc2c1CN(C1CCCC1)C2=O. The number of fused-ring (bicyclic) bond motifs is 1. The van der Waals surface area contributed by atoms with Crippen molar-refractivity contribution in [3.63, 3.8) is 0 Å². The zero-order chi connectivity index (χ0) is 19.1. The van der Waals surface area contributed by atoms with Gasteiger partial charge in [-0.15, -0.1) is 0 Å². The van der Waals surface area contributed by atoms with E-state index in [9.17, 15) is 4.79 Å². The van der Waals surface area contributed by atoms with E-state index in [1.54, 1.807) is 6.20 Å². The van der Waals surface area contributed by atoms with Gasteiger partial charge in [0.15, 0.2) is 0 Å². The third kappa shape index (κ3) is 3.03. The van der Waals surface area contributed by atoms with Gasteiger partial charge >= 0.3 is 0 Å². The second-order valence-corrected chi connectivity index (χ2v) is 8.10. The molecule has 2 aliphatic rings. The number of hydrogen-bond donors (Lipinski definition) is 0. The number of benzene rings is 2. The van der Waals surface area contributed by atoms with E-state index in [-0.39, 0.29) is 5.91 Å². The minimum Gasteiger partial charge on any atom is -0.331 e. The molecule has 0 saturated heterocycles. The van der Waals surface area contributed by atoms with E-state index >= 15 is 0 Å². The number of aromatic nitrogens is 2. The number of aryl methyl sites for hydroxylation is 1. The van der Waals surface area contributed by atoms with Gasteiger partial charge in [-0.1, -0.05) is 31.0 Å². The fraction of sp³-hybridized carbons (Fsp3) is 0.333. The molecule has 1 fully saturated rings. The molecule has 2 heterocycles. The zero-order valence-electron chi connectivity index (χ0n) is 16.3. The largest absolute Gasteiger partial charge is 0.331 e. The Labute approximate surface area is 165 Å². The second kappa shape index (κ2) is 6.93. The molecule has 1 aliphatic carbocycles. The summed E-state index contributed by atoms with van der Waals surface area (Å²) in [6.45, 7) is 2.94. The summed E-state index contributed by atoms with van der Waals surface area (Å²) in [4.78, 5) is 15.2. The molecule has 1 amide bonds. The van der Waals surface area contributed by atoms with Crippen LogP contribution in [0.5, 0.6) is 0 Å². The molecule has 0 radical (unpaired) electrons. The molecule has 0 N–H and O–H groups in total. The summed E-state index contributed by atoms with van der Waals surface area (Å²) >= 11 is 0. The quantitative estimate of drug-likeness (QED) is 0.668. The van der Waals surface area contributed by atoms with Crippen LogP contribution < -0.4 is 0 Å². The van der Waals surface area contributed by atoms with Crippen LogP contribution in [0.15, 0.2) is 54.9 Å². The Bertz CT molecular complexity index is 999. The molecule has 0 bridgehead atoms. The minimum atomic E-state index is 0.237. The summed E-state index contributed by atoms with van der Waals surface area (Å²) in [6, 6.07) is 15.2. The Morgan fingerprint density at radius 3 is 2.57 bits per heavy atom. The third-order valence-corrected chi connectivity index (χ3v) is 6.23. The highest BCUT2D eigenvalue weighted by atomic mass is 16.2. The van der Waals surface area contributed by atoms with Crippen LogP contribution in [0.1, 0.15) is 58.3 Å². The number of carbonyl (C=O) groups excluding carboxylic acids is 1. The molecular formula is C24H25N3O. The second-order valence-electron chi connectivity index (χ2n) is 8.10. The van der Waals surface area contributed by atoms with Crippen LogP contribution >= 0.6 is 0 Å². The Hall–Kier alpha value is -2.88. The van der Waals surface area contributed by atoms with E-state index in [2.05, 4.69) is 53.3 Å². The number of nitrogens with zero attached hydrogens (tertiary/aromatic N) is 3. The average Bonchev–Trinajstić information content (AvgIpc) is 3.44. The predicted molar refractivity (Wildman–Crippen MR) is 110 cm³/mol. The summed E-state index contributed by atoms with van der Waals surface area (Å²) in [5.41, 5.74) is 6.92. The number of amides is 1. The van der Waals surface area contributed by atoms with Crippen molar-refractivity contribution in [2.75, 3.05) is 0 Å². The van der Waals surface area contributed by atoms with Crippen molar-refractivity contribution in [2.45, 2.75) is 51.6 Å². The van der Waals surface area contributed by atoms with Gasteiger partial charge in [-0.3, -0.25) is 4.79 Å². The van der Waals surface area contributed by atoms with Gasteiger partial charge in [0.2, 0.25) is 0 Å². The fourth-order valence-electron chi connectivity index (χ4n) is 4.73. The number of carbonyl (C=O) groups is 1. The highest BCUT2D eigenvalue weighted by Gasteiger charge is 2.34. The van der Waals surface area contributed by atoms with Gasteiger partial charge in [0.05, 0.1) is 5.69 Å². The lowest BCUT2D eigenvalue weighted by atomic mass is 9.96. The van der Waals surface area contributed by atoms with Crippen molar-refractivity contribution in [1.82, 2.24) is 14.7 Å². The van der Waals surface area contributed by atoms with Crippen LogP contribution in [-0.2, 0) is 13.0 Å². The van der Waals surface area contributed by atoms with E-state index in [1.165, 1.54) is 35.1 Å². The normalized spacial score (nSPS) is 16.8. The first-order valence-electron chi connectivity index (χ1n) is 10.2. The lowest BCUT2D eigenvalue weighted by Crippen LogP contribution is -2.33. The number of rotatable bonds is 4. The molecule has 3 aromatic rings. The van der Waals surface area contributed by atoms with Crippen molar-refractivity contribution in [3.05, 3.63) is 82.7 Å². The zero-order valence-corrected chi connectivity index (χ0v) is 16.3. The maximum absolute atomic E-state index is 13.0. The van der Waals surface area contributed by atoms with Gasteiger partial charge in [0.1, 0.15) is 0 Å². The minimum absolute atomic E-state index is 0.237. The van der Waals surface area contributed by atoms with Crippen LogP contribution in [0.4, 0.5) is 0 Å². The first kappa shape index (κ1) is 17.2. The van der Waals surface area contributed by atoms with Gasteiger partial charge < -0.3 is 4.90 Å². The van der Waals surface area contributed by atoms with E-state index in [1.807, 2.05) is 16.9 Å². The van der Waals surface area contributed by atoms with Crippen molar-refractivity contribution in [2.24, 2.45) is 0 Å². The standard InChI is InChI=1S/C24H25N3O/c1-17-13-19(14-18-7-9-21(10-8-18)27-12-4-11-25-27)15-22-23(17)16-26(24(22)28)20-5-2-3-6-20/h4,7-13,15,20H,2-3,5-6,14,16H2,1H3. The molecule has 5 rings (SSSR count). The molecule has 142 valence electrons. The monoisotopic (exact) mass is 371 g/mol. The van der Waals surface area contributed by atoms with Gasteiger partial charge in [-0.2, -0.15) is 5.10 Å². The van der Waals surface area contributed by atoms with Gasteiger partial charge in [0, 0.05) is 30.5 Å². The molecule has 1 aliphatic heterocycles. The highest BCUT2D eigenvalue weighted by molar-refractivity contribution is 5.99. The fourth-order valence-corrected chi connectivity index (χ4v) is 4.73. The highest BCUT2D eigenvalue weighted by Crippen LogP contribution is 2.34. The van der Waals surface area contributed by atoms with Crippen LogP contribution in [0.2, 0.25) is 0 Å². The van der Waals surface area contributed by atoms with Gasteiger partial charge in [-0.25, -0.2) is 4.68 Å². The van der Waals surface area contributed by atoms with Crippen molar-refractivity contribution < 1.29 is 4.79 Å². The summed E-state index contributed by atoms with van der Waals surface area (Å²) in [5, 5.41) is 4.27. The maximum atomic E-state index is 13.0. The van der Waals surface area contributed by atoms with Crippen molar-refractivity contribution in [3.8, 4) is 5.69 Å². The Morgan fingerprint density at radius 2 is 1.86 bits per heavy atom. The summed E-state index contributed by atoms with van der Waals surface area (Å²) in [7, 11) is 0. The Morgan fingerprint density at radius 1 is 1.07 bits per heavy atom. The lowest BCUT2D eigenvalue weighted by molar-refractivity contribution is 0.0707. The molecular weight excluding hydrogens is 346 g/mol. The first-order chi connectivity index (χ1) is 13.7. The van der Waals surface area contributed by atoms with Crippen molar-refractivity contribution >= 4 is 5.91 Å². The number of hydrogen-bond acceptors (Lipinski definition) is 2. The van der Waals surface area contributed by atoms with Crippen molar-refractivity contribution in [1.29, 1.82) is 0 Å². The molecule has 1 saturated carbocycles. The van der Waals surface area contributed by atoms with Crippen LogP contribution in [0, 0.1) is 6.92 Å². The molecule has 4 nitrogen and oxygen atoms in total. The summed E-state index contributed by atoms with van der Waals surface area (Å²) < 4.78 is 1.86. The van der Waals surface area contributed by atoms with Gasteiger partial charge in [0.25, 0.3) is 5.91 Å². The summed E-state index contributed by atoms with van der Waals surface area (Å²) in [6.07, 6.45) is 9.40. The molecule has 2 aromatic carbocycles. The third-order valence-electron chi connectivity index (χ3n) is 6.23. The molecule has 28 heavy (non-hydrogen) atoms. The molecule has 1 aromatic heterocycles. The average molecular weight is 371 g/mol. The van der Waals surface area contributed by atoms with E-state index in [0.717, 1.165) is 37.1 Å². The first-order valence-corrected chi connectivity index (χ1v) is 10.2. The summed E-state index contributed by atoms with van der Waals surface area (Å²) in [5.74, 6) is 0.237. The van der Waals surface area contributed by atoms with Crippen LogP contribution in [0.25, 0.3) is 5.69 Å². The lowest BCUT2D eigenvalue weighted by Gasteiger charge is -2.23. The molecule has 0 spiro atoms. The Kier molecular flexibility index (Phi) is 4.27. The van der Waals surface area contributed by atoms with E-state index in [0.29, 0.717) is 6.04 Å². The molecule has 0 unspecified atom stereocenters. The maximum Gasteiger partial charge on any atom is 0.254 e. The van der Waals surface area contributed by atoms with Gasteiger partial charge in [-0.05, 0) is 72.7 Å².